The van der Waals surface area contributed by atoms with E-state index in [2.05, 4.69) is 26.5 Å². The average molecular weight is 280 g/mol. The third kappa shape index (κ3) is 4.96. The summed E-state index contributed by atoms with van der Waals surface area (Å²) in [4.78, 5) is 20.0. The Morgan fingerprint density at radius 1 is 1.24 bits per heavy atom. The molecule has 106 valence electrons. The Morgan fingerprint density at radius 3 is 2.81 bits per heavy atom. The predicted octanol–water partition coefficient (Wildman–Crippen LogP) is 1.23. The van der Waals surface area contributed by atoms with E-state index in [1.54, 1.807) is 12.3 Å². The number of hydrogen-bond donors (Lipinski definition) is 2. The van der Waals surface area contributed by atoms with Gasteiger partial charge < -0.3 is 10.6 Å². The van der Waals surface area contributed by atoms with E-state index in [9.17, 15) is 4.79 Å². The van der Waals surface area contributed by atoms with Gasteiger partial charge >= 0.3 is 0 Å². The number of nitrogens with one attached hydrogen (secondary N) is 2. The van der Waals surface area contributed by atoms with E-state index < -0.39 is 0 Å². The van der Waals surface area contributed by atoms with Crippen LogP contribution < -0.4 is 10.6 Å². The lowest BCUT2D eigenvalue weighted by atomic mass is 10.1. The summed E-state index contributed by atoms with van der Waals surface area (Å²) in [6, 6.07) is 11.7. The molecular formula is C16H16N4O. The van der Waals surface area contributed by atoms with Crippen LogP contribution in [0.25, 0.3) is 0 Å². The monoisotopic (exact) mass is 280 g/mol. The summed E-state index contributed by atoms with van der Waals surface area (Å²) in [5.41, 5.74) is 1.14. The Morgan fingerprint density at radius 2 is 2.05 bits per heavy atom. The minimum Gasteiger partial charge on any atom is -0.361 e. The summed E-state index contributed by atoms with van der Waals surface area (Å²) >= 11 is 0. The van der Waals surface area contributed by atoms with Gasteiger partial charge in [0.15, 0.2) is 0 Å². The maximum Gasteiger partial charge on any atom is 0.240 e. The van der Waals surface area contributed by atoms with Gasteiger partial charge in [-0.05, 0) is 11.6 Å². The van der Waals surface area contributed by atoms with Crippen LogP contribution in [-0.2, 0) is 11.2 Å². The third-order valence-electron chi connectivity index (χ3n) is 2.73. The molecule has 21 heavy (non-hydrogen) atoms. The fraction of sp³-hybridized carbons (Fsp3) is 0.188. The van der Waals surface area contributed by atoms with Crippen molar-refractivity contribution in [3.05, 3.63) is 54.0 Å². The van der Waals surface area contributed by atoms with Crippen molar-refractivity contribution in [1.82, 2.24) is 15.3 Å². The summed E-state index contributed by atoms with van der Waals surface area (Å²) < 4.78 is 0. The van der Waals surface area contributed by atoms with E-state index in [0.717, 1.165) is 5.56 Å². The van der Waals surface area contributed by atoms with Crippen LogP contribution in [0.4, 0.5) is 5.82 Å². The molecule has 0 atom stereocenters. The molecule has 5 heteroatoms. The molecule has 0 aliphatic carbocycles. The normalized spacial score (nSPS) is 9.67. The molecule has 1 aromatic heterocycles. The smallest absolute Gasteiger partial charge is 0.240 e. The number of anilines is 1. The Kier molecular flexibility index (Phi) is 5.30. The molecule has 0 bridgehead atoms. The summed E-state index contributed by atoms with van der Waals surface area (Å²) in [5, 5.41) is 5.52. The lowest BCUT2D eigenvalue weighted by Crippen LogP contribution is -2.30. The number of rotatable bonds is 6. The minimum atomic E-state index is -0.170. The van der Waals surface area contributed by atoms with Crippen molar-refractivity contribution in [3.63, 3.8) is 0 Å². The number of terminal acetylenes is 1. The van der Waals surface area contributed by atoms with Crippen molar-refractivity contribution in [2.24, 2.45) is 0 Å². The van der Waals surface area contributed by atoms with Crippen LogP contribution in [0.5, 0.6) is 0 Å². The highest BCUT2D eigenvalue weighted by Crippen LogP contribution is 2.07. The zero-order valence-corrected chi connectivity index (χ0v) is 11.5. The molecule has 0 aliphatic heterocycles. The van der Waals surface area contributed by atoms with Gasteiger partial charge in [-0.1, -0.05) is 36.3 Å². The van der Waals surface area contributed by atoms with E-state index in [4.69, 9.17) is 6.42 Å². The summed E-state index contributed by atoms with van der Waals surface area (Å²) in [7, 11) is 0. The molecule has 2 N–H and O–H groups in total. The SMILES string of the molecule is C#CCNC(=O)CNc1ccnc(Cc2ccccc2)n1. The van der Waals surface area contributed by atoms with Gasteiger partial charge in [-0.2, -0.15) is 0 Å². The highest BCUT2D eigenvalue weighted by molar-refractivity contribution is 5.80. The van der Waals surface area contributed by atoms with Crippen LogP contribution in [-0.4, -0.2) is 29.0 Å². The fourth-order valence-corrected chi connectivity index (χ4v) is 1.74. The van der Waals surface area contributed by atoms with Gasteiger partial charge in [0.05, 0.1) is 13.1 Å². The fourth-order valence-electron chi connectivity index (χ4n) is 1.74. The zero-order chi connectivity index (χ0) is 14.9. The van der Waals surface area contributed by atoms with Gasteiger partial charge in [0.1, 0.15) is 11.6 Å². The summed E-state index contributed by atoms with van der Waals surface area (Å²) in [6.07, 6.45) is 7.40. The van der Waals surface area contributed by atoms with Crippen LogP contribution in [0.1, 0.15) is 11.4 Å². The van der Waals surface area contributed by atoms with E-state index in [1.807, 2.05) is 30.3 Å². The van der Waals surface area contributed by atoms with Crippen LogP contribution >= 0.6 is 0 Å². The molecule has 0 saturated heterocycles. The lowest BCUT2D eigenvalue weighted by molar-refractivity contribution is -0.119. The Labute approximate surface area is 123 Å². The first-order chi connectivity index (χ1) is 10.3. The van der Waals surface area contributed by atoms with Crippen molar-refractivity contribution >= 4 is 11.7 Å². The molecule has 2 aromatic rings. The van der Waals surface area contributed by atoms with Gasteiger partial charge in [0.2, 0.25) is 5.91 Å². The average Bonchev–Trinajstić information content (AvgIpc) is 2.52. The van der Waals surface area contributed by atoms with Crippen LogP contribution in [0.2, 0.25) is 0 Å². The van der Waals surface area contributed by atoms with E-state index in [-0.39, 0.29) is 19.0 Å². The van der Waals surface area contributed by atoms with Gasteiger partial charge in [0.25, 0.3) is 0 Å². The molecule has 2 rings (SSSR count). The number of benzene rings is 1. The maximum absolute atomic E-state index is 11.4. The first kappa shape index (κ1) is 14.5. The summed E-state index contributed by atoms with van der Waals surface area (Å²) in [6.45, 7) is 0.354. The van der Waals surface area contributed by atoms with Crippen LogP contribution in [0, 0.1) is 12.3 Å². The second-order valence-corrected chi connectivity index (χ2v) is 4.35. The largest absolute Gasteiger partial charge is 0.361 e. The molecule has 1 amide bonds. The number of carbonyl (C=O) groups is 1. The quantitative estimate of drug-likeness (QED) is 0.781. The first-order valence-corrected chi connectivity index (χ1v) is 6.58. The topological polar surface area (TPSA) is 66.9 Å². The van der Waals surface area contributed by atoms with Crippen molar-refractivity contribution in [2.45, 2.75) is 6.42 Å². The van der Waals surface area contributed by atoms with Crippen molar-refractivity contribution in [1.29, 1.82) is 0 Å². The molecule has 0 saturated carbocycles. The Bertz CT molecular complexity index is 634. The predicted molar refractivity (Wildman–Crippen MR) is 81.6 cm³/mol. The minimum absolute atomic E-state index is 0.128. The van der Waals surface area contributed by atoms with Gasteiger partial charge in [-0.15, -0.1) is 6.42 Å². The van der Waals surface area contributed by atoms with E-state index in [1.165, 1.54) is 0 Å². The first-order valence-electron chi connectivity index (χ1n) is 6.58. The van der Waals surface area contributed by atoms with Gasteiger partial charge in [-0.3, -0.25) is 4.79 Å². The highest BCUT2D eigenvalue weighted by atomic mass is 16.1. The van der Waals surface area contributed by atoms with Gasteiger partial charge in [0, 0.05) is 12.6 Å². The molecule has 0 unspecified atom stereocenters. The molecular weight excluding hydrogens is 264 g/mol. The number of hydrogen-bond acceptors (Lipinski definition) is 4. The molecule has 0 spiro atoms. The van der Waals surface area contributed by atoms with Crippen LogP contribution in [0.15, 0.2) is 42.6 Å². The molecule has 1 aromatic carbocycles. The van der Waals surface area contributed by atoms with E-state index >= 15 is 0 Å². The molecule has 5 nitrogen and oxygen atoms in total. The van der Waals surface area contributed by atoms with Gasteiger partial charge in [-0.25, -0.2) is 9.97 Å². The van der Waals surface area contributed by atoms with Crippen LogP contribution in [0.3, 0.4) is 0 Å². The van der Waals surface area contributed by atoms with Crippen molar-refractivity contribution in [3.8, 4) is 12.3 Å². The standard InChI is InChI=1S/C16H16N4O/c1-2-9-18-16(21)12-19-14-8-10-17-15(20-14)11-13-6-4-3-5-7-13/h1,3-8,10H,9,11-12H2,(H,18,21)(H,17,19,20). The Hall–Kier alpha value is -2.87. The molecule has 0 fully saturated rings. The molecule has 1 heterocycles. The second kappa shape index (κ2) is 7.65. The number of nitrogens with zero attached hydrogens (tertiary/aromatic N) is 2. The zero-order valence-electron chi connectivity index (χ0n) is 11.5. The summed E-state index contributed by atoms with van der Waals surface area (Å²) in [5.74, 6) is 3.50. The maximum atomic E-state index is 11.4. The second-order valence-electron chi connectivity index (χ2n) is 4.35. The number of amides is 1. The van der Waals surface area contributed by atoms with E-state index in [0.29, 0.717) is 18.1 Å². The van der Waals surface area contributed by atoms with Crippen molar-refractivity contribution in [2.75, 3.05) is 18.4 Å². The third-order valence-corrected chi connectivity index (χ3v) is 2.73. The highest BCUT2D eigenvalue weighted by Gasteiger charge is 2.03. The number of aromatic nitrogens is 2. The molecule has 0 aliphatic rings. The lowest BCUT2D eigenvalue weighted by Gasteiger charge is -2.07. The number of carbonyl (C=O) groups excluding carboxylic acids is 1. The Balaban J connectivity index is 1.92. The molecule has 0 radical (unpaired) electrons. The van der Waals surface area contributed by atoms with Crippen molar-refractivity contribution < 1.29 is 4.79 Å².